The van der Waals surface area contributed by atoms with E-state index >= 15 is 0 Å². The minimum Gasteiger partial charge on any atom is -0.507 e. The Morgan fingerprint density at radius 1 is 0.966 bits per heavy atom. The number of nitrogens with one attached hydrogen (secondary N) is 2. The van der Waals surface area contributed by atoms with Gasteiger partial charge in [0.2, 0.25) is 0 Å². The molecule has 0 atom stereocenters. The topological polar surface area (TPSA) is 90.8 Å². The van der Waals surface area contributed by atoms with Gasteiger partial charge in [-0.2, -0.15) is 5.10 Å². The third-order valence-electron chi connectivity index (χ3n) is 4.02. The molecule has 3 aromatic carbocycles. The summed E-state index contributed by atoms with van der Waals surface area (Å²) in [6.07, 6.45) is 1.35. The molecule has 0 fully saturated rings. The Morgan fingerprint density at radius 3 is 2.45 bits per heavy atom. The summed E-state index contributed by atoms with van der Waals surface area (Å²) >= 11 is 3.31. The van der Waals surface area contributed by atoms with Crippen molar-refractivity contribution in [3.8, 4) is 5.75 Å². The van der Waals surface area contributed by atoms with Crippen LogP contribution in [0.3, 0.4) is 0 Å². The highest BCUT2D eigenvalue weighted by Gasteiger charge is 2.09. The number of carbonyl (C=O) groups is 2. The number of amides is 2. The fourth-order valence-corrected chi connectivity index (χ4v) is 2.96. The molecule has 0 bridgehead atoms. The first-order valence-electron chi connectivity index (χ1n) is 8.72. The SMILES string of the molecule is Cc1cccc(C(=O)Nc2cccc(C(=O)NN=Cc3cc(Br)ccc3O)c2)c1. The molecule has 0 spiro atoms. The van der Waals surface area contributed by atoms with Crippen LogP contribution in [-0.4, -0.2) is 23.1 Å². The standard InChI is InChI=1S/C22H18BrN3O3/c1-14-4-2-5-15(10-14)21(28)25-19-7-3-6-16(12-19)22(29)26-24-13-17-11-18(23)8-9-20(17)27/h2-13,27H,1H3,(H,25,28)(H,26,29). The highest BCUT2D eigenvalue weighted by atomic mass is 79.9. The minimum atomic E-state index is -0.442. The van der Waals surface area contributed by atoms with Gasteiger partial charge in [-0.3, -0.25) is 9.59 Å². The first-order valence-corrected chi connectivity index (χ1v) is 9.52. The lowest BCUT2D eigenvalue weighted by Crippen LogP contribution is -2.18. The van der Waals surface area contributed by atoms with Crippen LogP contribution in [0.1, 0.15) is 31.8 Å². The zero-order valence-corrected chi connectivity index (χ0v) is 17.1. The first kappa shape index (κ1) is 20.3. The van der Waals surface area contributed by atoms with Crippen molar-refractivity contribution in [3.05, 3.63) is 93.5 Å². The van der Waals surface area contributed by atoms with E-state index in [1.807, 2.05) is 19.1 Å². The lowest BCUT2D eigenvalue weighted by Gasteiger charge is -2.07. The molecule has 0 aliphatic heterocycles. The van der Waals surface area contributed by atoms with Gasteiger partial charge in [-0.15, -0.1) is 0 Å². The number of aryl methyl sites for hydroxylation is 1. The van der Waals surface area contributed by atoms with Crippen molar-refractivity contribution in [3.63, 3.8) is 0 Å². The number of rotatable bonds is 5. The molecule has 146 valence electrons. The quantitative estimate of drug-likeness (QED) is 0.394. The number of hydrazone groups is 1. The number of anilines is 1. The summed E-state index contributed by atoms with van der Waals surface area (Å²) in [7, 11) is 0. The molecule has 0 aromatic heterocycles. The molecule has 0 aliphatic rings. The number of benzene rings is 3. The van der Waals surface area contributed by atoms with Crippen molar-refractivity contribution in [2.24, 2.45) is 5.10 Å². The summed E-state index contributed by atoms with van der Waals surface area (Å²) < 4.78 is 0.778. The molecular weight excluding hydrogens is 434 g/mol. The number of aromatic hydroxyl groups is 1. The van der Waals surface area contributed by atoms with Gasteiger partial charge in [0.25, 0.3) is 11.8 Å². The van der Waals surface area contributed by atoms with Gasteiger partial charge in [0.15, 0.2) is 0 Å². The molecule has 6 nitrogen and oxygen atoms in total. The Balaban J connectivity index is 1.67. The number of halogens is 1. The monoisotopic (exact) mass is 451 g/mol. The fourth-order valence-electron chi connectivity index (χ4n) is 2.58. The van der Waals surface area contributed by atoms with Gasteiger partial charge in [0.1, 0.15) is 5.75 Å². The molecule has 2 amide bonds. The summed E-state index contributed by atoms with van der Waals surface area (Å²) in [5.41, 5.74) is 5.22. The average molecular weight is 452 g/mol. The summed E-state index contributed by atoms with van der Waals surface area (Å²) in [6.45, 7) is 1.91. The predicted octanol–water partition coefficient (Wildman–Crippen LogP) is 4.48. The van der Waals surface area contributed by atoms with E-state index in [9.17, 15) is 14.7 Å². The third-order valence-corrected chi connectivity index (χ3v) is 4.52. The lowest BCUT2D eigenvalue weighted by molar-refractivity contribution is 0.0953. The molecule has 3 aromatic rings. The summed E-state index contributed by atoms with van der Waals surface area (Å²) in [5, 5.41) is 16.4. The summed E-state index contributed by atoms with van der Waals surface area (Å²) in [4.78, 5) is 24.7. The van der Waals surface area contributed by atoms with Crippen LogP contribution in [0.2, 0.25) is 0 Å². The van der Waals surface area contributed by atoms with Crippen LogP contribution >= 0.6 is 15.9 Å². The van der Waals surface area contributed by atoms with Crippen molar-refractivity contribution >= 4 is 39.6 Å². The van der Waals surface area contributed by atoms with Crippen LogP contribution in [0.25, 0.3) is 0 Å². The molecule has 3 rings (SSSR count). The number of phenolic OH excluding ortho intramolecular Hbond substituents is 1. The fraction of sp³-hybridized carbons (Fsp3) is 0.0455. The van der Waals surface area contributed by atoms with Crippen LogP contribution in [0.5, 0.6) is 5.75 Å². The Kier molecular flexibility index (Phi) is 6.41. The van der Waals surface area contributed by atoms with Gasteiger partial charge >= 0.3 is 0 Å². The second-order valence-corrected chi connectivity index (χ2v) is 7.22. The maximum absolute atomic E-state index is 12.4. The summed E-state index contributed by atoms with van der Waals surface area (Å²) in [6, 6.07) is 18.7. The van der Waals surface area contributed by atoms with Gasteiger partial charge < -0.3 is 10.4 Å². The molecule has 0 saturated carbocycles. The van der Waals surface area contributed by atoms with E-state index in [1.165, 1.54) is 12.3 Å². The van der Waals surface area contributed by atoms with Crippen LogP contribution in [-0.2, 0) is 0 Å². The second kappa shape index (κ2) is 9.16. The molecule has 0 radical (unpaired) electrons. The van der Waals surface area contributed by atoms with Crippen LogP contribution in [0, 0.1) is 6.92 Å². The van der Waals surface area contributed by atoms with E-state index in [1.54, 1.807) is 48.5 Å². The van der Waals surface area contributed by atoms with Gasteiger partial charge in [-0.05, 0) is 55.5 Å². The van der Waals surface area contributed by atoms with E-state index in [0.717, 1.165) is 10.0 Å². The molecule has 7 heteroatoms. The molecule has 3 N–H and O–H groups in total. The maximum atomic E-state index is 12.4. The zero-order valence-electron chi connectivity index (χ0n) is 15.5. The molecule has 0 aliphatic carbocycles. The Bertz CT molecular complexity index is 1100. The minimum absolute atomic E-state index is 0.0482. The van der Waals surface area contributed by atoms with E-state index < -0.39 is 5.91 Å². The van der Waals surface area contributed by atoms with E-state index in [-0.39, 0.29) is 11.7 Å². The zero-order chi connectivity index (χ0) is 20.8. The number of phenols is 1. The number of carbonyl (C=O) groups excluding carboxylic acids is 2. The Labute approximate surface area is 176 Å². The third kappa shape index (κ3) is 5.52. The predicted molar refractivity (Wildman–Crippen MR) is 116 cm³/mol. The lowest BCUT2D eigenvalue weighted by atomic mass is 10.1. The molecule has 0 unspecified atom stereocenters. The van der Waals surface area contributed by atoms with Crippen molar-refractivity contribution < 1.29 is 14.7 Å². The molecule has 0 heterocycles. The number of nitrogens with zero attached hydrogens (tertiary/aromatic N) is 1. The van der Waals surface area contributed by atoms with E-state index in [0.29, 0.717) is 22.4 Å². The van der Waals surface area contributed by atoms with Gasteiger partial charge in [-0.25, -0.2) is 5.43 Å². The van der Waals surface area contributed by atoms with Gasteiger partial charge in [0.05, 0.1) is 6.21 Å². The van der Waals surface area contributed by atoms with Gasteiger partial charge in [0, 0.05) is 26.9 Å². The normalized spacial score (nSPS) is 10.7. The van der Waals surface area contributed by atoms with E-state index in [2.05, 4.69) is 31.8 Å². The molecule has 29 heavy (non-hydrogen) atoms. The van der Waals surface area contributed by atoms with Crippen LogP contribution < -0.4 is 10.7 Å². The molecular formula is C22H18BrN3O3. The van der Waals surface area contributed by atoms with Crippen molar-refractivity contribution in [1.82, 2.24) is 5.43 Å². The highest BCUT2D eigenvalue weighted by molar-refractivity contribution is 9.10. The van der Waals surface area contributed by atoms with Crippen molar-refractivity contribution in [2.45, 2.75) is 6.92 Å². The Morgan fingerprint density at radius 2 is 1.69 bits per heavy atom. The largest absolute Gasteiger partial charge is 0.507 e. The van der Waals surface area contributed by atoms with Gasteiger partial charge in [-0.1, -0.05) is 39.7 Å². The van der Waals surface area contributed by atoms with Crippen molar-refractivity contribution in [1.29, 1.82) is 0 Å². The van der Waals surface area contributed by atoms with Crippen LogP contribution in [0.4, 0.5) is 5.69 Å². The van der Waals surface area contributed by atoms with Crippen molar-refractivity contribution in [2.75, 3.05) is 5.32 Å². The second-order valence-electron chi connectivity index (χ2n) is 6.31. The maximum Gasteiger partial charge on any atom is 0.271 e. The van der Waals surface area contributed by atoms with Crippen LogP contribution in [0.15, 0.2) is 76.3 Å². The Hall–Kier alpha value is -3.45. The smallest absolute Gasteiger partial charge is 0.271 e. The van der Waals surface area contributed by atoms with E-state index in [4.69, 9.17) is 0 Å². The molecule has 0 saturated heterocycles. The highest BCUT2D eigenvalue weighted by Crippen LogP contribution is 2.20. The average Bonchev–Trinajstić information content (AvgIpc) is 2.70. The number of hydrogen-bond acceptors (Lipinski definition) is 4. The summed E-state index contributed by atoms with van der Waals surface area (Å²) in [5.74, 6) is -0.649. The number of hydrogen-bond donors (Lipinski definition) is 3. The first-order chi connectivity index (χ1) is 13.9.